The van der Waals surface area contributed by atoms with Crippen LogP contribution in [-0.4, -0.2) is 45.1 Å². The molecular weight excluding hydrogens is 338 g/mol. The van der Waals surface area contributed by atoms with Gasteiger partial charge in [-0.05, 0) is 50.6 Å². The molecule has 1 aliphatic rings. The third-order valence-corrected chi connectivity index (χ3v) is 5.28. The minimum absolute atomic E-state index is 0.000170. The second-order valence-corrected chi connectivity index (χ2v) is 7.38. The standard InChI is InChI=1S/C22H23N3O2/c1-14-6-7-20-16(9-14)11-19(15(2)24-20)22(27)25-12-17(21(26)13-25)10-18-5-3-4-8-23-18/h3-9,11,17,21,26H,10,12-13H2,1-2H3/t17-,21-/m1/s1. The van der Waals surface area contributed by atoms with Crippen molar-refractivity contribution >= 4 is 16.8 Å². The smallest absolute Gasteiger partial charge is 0.255 e. The average Bonchev–Trinajstić information content (AvgIpc) is 3.02. The number of carbonyl (C=O) groups is 1. The number of β-amino-alcohol motifs (C(OH)–C–C–N with tert-alkyl or cyclic N) is 1. The molecule has 5 nitrogen and oxygen atoms in total. The minimum atomic E-state index is -0.535. The molecule has 3 heterocycles. The summed E-state index contributed by atoms with van der Waals surface area (Å²) < 4.78 is 0. The third-order valence-electron chi connectivity index (χ3n) is 5.28. The Kier molecular flexibility index (Phi) is 4.62. The number of aliphatic hydroxyl groups excluding tert-OH is 1. The number of aryl methyl sites for hydroxylation is 2. The van der Waals surface area contributed by atoms with Gasteiger partial charge in [-0.3, -0.25) is 14.8 Å². The Bertz CT molecular complexity index is 988. The molecule has 1 amide bonds. The first-order valence-corrected chi connectivity index (χ1v) is 9.26. The molecule has 1 aromatic carbocycles. The van der Waals surface area contributed by atoms with E-state index in [2.05, 4.69) is 9.97 Å². The number of hydrogen-bond donors (Lipinski definition) is 1. The van der Waals surface area contributed by atoms with Gasteiger partial charge in [0.15, 0.2) is 0 Å². The number of benzene rings is 1. The van der Waals surface area contributed by atoms with E-state index in [-0.39, 0.29) is 11.8 Å². The van der Waals surface area contributed by atoms with Gasteiger partial charge in [0.05, 0.1) is 22.9 Å². The molecule has 2 atom stereocenters. The van der Waals surface area contributed by atoms with Gasteiger partial charge in [0.1, 0.15) is 0 Å². The molecule has 1 aliphatic heterocycles. The van der Waals surface area contributed by atoms with E-state index in [1.165, 1.54) is 0 Å². The van der Waals surface area contributed by atoms with Crippen molar-refractivity contribution in [3.05, 3.63) is 71.2 Å². The second kappa shape index (κ2) is 7.08. The number of pyridine rings is 2. The molecule has 0 spiro atoms. The Morgan fingerprint density at radius 1 is 1.19 bits per heavy atom. The van der Waals surface area contributed by atoms with Gasteiger partial charge in [-0.25, -0.2) is 0 Å². The highest BCUT2D eigenvalue weighted by Gasteiger charge is 2.35. The molecule has 0 bridgehead atoms. The summed E-state index contributed by atoms with van der Waals surface area (Å²) >= 11 is 0. The number of amides is 1. The van der Waals surface area contributed by atoms with Crippen LogP contribution in [0.15, 0.2) is 48.7 Å². The fourth-order valence-corrected chi connectivity index (χ4v) is 3.79. The van der Waals surface area contributed by atoms with Crippen LogP contribution in [-0.2, 0) is 6.42 Å². The lowest BCUT2D eigenvalue weighted by molar-refractivity contribution is 0.0763. The largest absolute Gasteiger partial charge is 0.391 e. The molecule has 0 aliphatic carbocycles. The maximum absolute atomic E-state index is 13.1. The Morgan fingerprint density at radius 3 is 2.81 bits per heavy atom. The predicted molar refractivity (Wildman–Crippen MR) is 105 cm³/mol. The molecule has 0 radical (unpaired) electrons. The van der Waals surface area contributed by atoms with Crippen LogP contribution in [0, 0.1) is 19.8 Å². The highest BCUT2D eigenvalue weighted by Crippen LogP contribution is 2.25. The Labute approximate surface area is 158 Å². The van der Waals surface area contributed by atoms with Gasteiger partial charge in [-0.2, -0.15) is 0 Å². The van der Waals surface area contributed by atoms with Gasteiger partial charge in [-0.1, -0.05) is 17.7 Å². The maximum Gasteiger partial charge on any atom is 0.255 e. The summed E-state index contributed by atoms with van der Waals surface area (Å²) in [4.78, 5) is 23.8. The molecule has 1 fully saturated rings. The highest BCUT2D eigenvalue weighted by atomic mass is 16.3. The van der Waals surface area contributed by atoms with Crippen LogP contribution in [0.3, 0.4) is 0 Å². The molecule has 5 heteroatoms. The quantitative estimate of drug-likeness (QED) is 0.779. The Balaban J connectivity index is 1.56. The minimum Gasteiger partial charge on any atom is -0.391 e. The summed E-state index contributed by atoms with van der Waals surface area (Å²) in [6.45, 7) is 4.77. The summed E-state index contributed by atoms with van der Waals surface area (Å²) in [6.07, 6.45) is 1.89. The maximum atomic E-state index is 13.1. The van der Waals surface area contributed by atoms with Crippen LogP contribution >= 0.6 is 0 Å². The van der Waals surface area contributed by atoms with Crippen LogP contribution in [0.1, 0.15) is 27.3 Å². The number of fused-ring (bicyclic) bond motifs is 1. The van der Waals surface area contributed by atoms with Gasteiger partial charge in [0.25, 0.3) is 5.91 Å². The van der Waals surface area contributed by atoms with Crippen molar-refractivity contribution in [1.82, 2.24) is 14.9 Å². The summed E-state index contributed by atoms with van der Waals surface area (Å²) in [5.74, 6) is -0.0641. The first kappa shape index (κ1) is 17.6. The molecule has 4 rings (SSSR count). The zero-order valence-electron chi connectivity index (χ0n) is 15.6. The fourth-order valence-electron chi connectivity index (χ4n) is 3.79. The number of carbonyl (C=O) groups excluding carboxylic acids is 1. The van der Waals surface area contributed by atoms with E-state index in [1.54, 1.807) is 11.1 Å². The normalized spacial score (nSPS) is 19.6. The summed E-state index contributed by atoms with van der Waals surface area (Å²) in [5.41, 5.74) is 4.30. The molecule has 138 valence electrons. The Hall–Kier alpha value is -2.79. The molecule has 1 saturated heterocycles. The van der Waals surface area contributed by atoms with Gasteiger partial charge in [0, 0.05) is 36.3 Å². The SMILES string of the molecule is Cc1ccc2nc(C)c(C(=O)N3C[C@@H](Cc4ccccn4)[C@H](O)C3)cc2c1. The number of likely N-dealkylation sites (tertiary alicyclic amines) is 1. The Morgan fingerprint density at radius 2 is 2.04 bits per heavy atom. The van der Waals surface area contributed by atoms with Gasteiger partial charge >= 0.3 is 0 Å². The average molecular weight is 361 g/mol. The summed E-state index contributed by atoms with van der Waals surface area (Å²) in [5, 5.41) is 11.4. The zero-order valence-corrected chi connectivity index (χ0v) is 15.6. The molecular formula is C22H23N3O2. The number of nitrogens with zero attached hydrogens (tertiary/aromatic N) is 3. The van der Waals surface area contributed by atoms with Crippen LogP contribution < -0.4 is 0 Å². The van der Waals surface area contributed by atoms with Crippen LogP contribution in [0.5, 0.6) is 0 Å². The van der Waals surface area contributed by atoms with E-state index in [1.807, 2.05) is 56.3 Å². The van der Waals surface area contributed by atoms with E-state index in [4.69, 9.17) is 0 Å². The van der Waals surface area contributed by atoms with Crippen LogP contribution in [0.2, 0.25) is 0 Å². The first-order valence-electron chi connectivity index (χ1n) is 9.26. The lowest BCUT2D eigenvalue weighted by Gasteiger charge is -2.18. The lowest BCUT2D eigenvalue weighted by Crippen LogP contribution is -2.30. The predicted octanol–water partition coefficient (Wildman–Crippen LogP) is 2.92. The van der Waals surface area contributed by atoms with Crippen molar-refractivity contribution in [3.63, 3.8) is 0 Å². The first-order chi connectivity index (χ1) is 13.0. The topological polar surface area (TPSA) is 66.3 Å². The van der Waals surface area contributed by atoms with E-state index in [0.29, 0.717) is 25.1 Å². The van der Waals surface area contributed by atoms with E-state index < -0.39 is 6.10 Å². The molecule has 27 heavy (non-hydrogen) atoms. The van der Waals surface area contributed by atoms with Crippen molar-refractivity contribution < 1.29 is 9.90 Å². The fraction of sp³-hybridized carbons (Fsp3) is 0.318. The number of aliphatic hydroxyl groups is 1. The second-order valence-electron chi connectivity index (χ2n) is 7.38. The summed E-state index contributed by atoms with van der Waals surface area (Å²) in [7, 11) is 0. The van der Waals surface area contributed by atoms with Crippen molar-refractivity contribution in [2.75, 3.05) is 13.1 Å². The number of aromatic nitrogens is 2. The number of rotatable bonds is 3. The van der Waals surface area contributed by atoms with Gasteiger partial charge in [0.2, 0.25) is 0 Å². The summed E-state index contributed by atoms with van der Waals surface area (Å²) in [6, 6.07) is 13.7. The lowest BCUT2D eigenvalue weighted by atomic mass is 10.00. The van der Waals surface area contributed by atoms with E-state index in [0.717, 1.165) is 27.9 Å². The van der Waals surface area contributed by atoms with Crippen LogP contribution in [0.25, 0.3) is 10.9 Å². The van der Waals surface area contributed by atoms with Crippen molar-refractivity contribution in [3.8, 4) is 0 Å². The van der Waals surface area contributed by atoms with E-state index in [9.17, 15) is 9.90 Å². The molecule has 0 saturated carbocycles. The monoisotopic (exact) mass is 361 g/mol. The van der Waals surface area contributed by atoms with E-state index >= 15 is 0 Å². The van der Waals surface area contributed by atoms with Crippen LogP contribution in [0.4, 0.5) is 0 Å². The molecule has 2 aromatic heterocycles. The third kappa shape index (κ3) is 3.55. The van der Waals surface area contributed by atoms with Crippen molar-refractivity contribution in [2.45, 2.75) is 26.4 Å². The van der Waals surface area contributed by atoms with Gasteiger partial charge in [-0.15, -0.1) is 0 Å². The van der Waals surface area contributed by atoms with Gasteiger partial charge < -0.3 is 10.0 Å². The molecule has 1 N–H and O–H groups in total. The van der Waals surface area contributed by atoms with Crippen molar-refractivity contribution in [1.29, 1.82) is 0 Å². The van der Waals surface area contributed by atoms with Crippen molar-refractivity contribution in [2.24, 2.45) is 5.92 Å². The molecule has 3 aromatic rings. The highest BCUT2D eigenvalue weighted by molar-refractivity contribution is 5.98. The molecule has 0 unspecified atom stereocenters. The zero-order chi connectivity index (χ0) is 19.0. The number of hydrogen-bond acceptors (Lipinski definition) is 4.